The van der Waals surface area contributed by atoms with Gasteiger partial charge < -0.3 is 0 Å². The molecule has 0 atom stereocenters. The van der Waals surface area contributed by atoms with Crippen LogP contribution in [-0.2, 0) is 0 Å². The second kappa shape index (κ2) is 9.37. The Balaban J connectivity index is 1.18. The Kier molecular flexibility index (Phi) is 5.20. The predicted octanol–water partition coefficient (Wildman–Crippen LogP) is 10.2. The van der Waals surface area contributed by atoms with Gasteiger partial charge in [-0.15, -0.1) is 0 Å². The normalized spacial score (nSPS) is 11.7. The van der Waals surface area contributed by atoms with Crippen LogP contribution < -0.4 is 0 Å². The number of aromatic nitrogens is 3. The summed E-state index contributed by atoms with van der Waals surface area (Å²) in [6.07, 6.45) is 1.89. The van der Waals surface area contributed by atoms with Gasteiger partial charge in [-0.25, -0.2) is 4.98 Å². The Morgan fingerprint density at radius 2 is 1.14 bits per heavy atom. The molecule has 43 heavy (non-hydrogen) atoms. The van der Waals surface area contributed by atoms with E-state index in [1.165, 1.54) is 27.6 Å². The SMILES string of the molecule is c1cc(-c2ccc(-c3nc4cccc5c4n3-c3ccccc3-c3ccccc3-5)cc2)cc(-c2nccc3ccccc23)c1. The van der Waals surface area contributed by atoms with E-state index in [-0.39, 0.29) is 0 Å². The highest BCUT2D eigenvalue weighted by molar-refractivity contribution is 6.03. The summed E-state index contributed by atoms with van der Waals surface area (Å²) in [5.41, 5.74) is 13.7. The van der Waals surface area contributed by atoms with Crippen molar-refractivity contribution in [1.82, 2.24) is 14.5 Å². The summed E-state index contributed by atoms with van der Waals surface area (Å²) in [6.45, 7) is 0. The Morgan fingerprint density at radius 3 is 2.02 bits per heavy atom. The van der Waals surface area contributed by atoms with Gasteiger partial charge in [-0.05, 0) is 51.9 Å². The Bertz CT molecular complexity index is 2340. The molecule has 0 radical (unpaired) electrons. The van der Waals surface area contributed by atoms with Crippen LogP contribution >= 0.6 is 0 Å². The number of para-hydroxylation sites is 2. The van der Waals surface area contributed by atoms with E-state index in [0.717, 1.165) is 55.9 Å². The fourth-order valence-corrected chi connectivity index (χ4v) is 6.63. The molecule has 0 saturated heterocycles. The van der Waals surface area contributed by atoms with Crippen molar-refractivity contribution in [3.05, 3.63) is 152 Å². The molecule has 9 rings (SSSR count). The molecule has 3 heterocycles. The van der Waals surface area contributed by atoms with E-state index in [0.29, 0.717) is 0 Å². The maximum atomic E-state index is 5.21. The molecule has 2 aromatic heterocycles. The first-order valence-electron chi connectivity index (χ1n) is 14.6. The van der Waals surface area contributed by atoms with Gasteiger partial charge in [0.1, 0.15) is 5.82 Å². The molecule has 1 aliphatic heterocycles. The highest BCUT2D eigenvalue weighted by Crippen LogP contribution is 2.45. The van der Waals surface area contributed by atoms with Crippen LogP contribution in [0.3, 0.4) is 0 Å². The molecule has 0 amide bonds. The molecule has 200 valence electrons. The van der Waals surface area contributed by atoms with Crippen LogP contribution in [0.25, 0.3) is 83.5 Å². The third-order valence-electron chi connectivity index (χ3n) is 8.61. The molecule has 0 saturated carbocycles. The van der Waals surface area contributed by atoms with E-state index in [9.17, 15) is 0 Å². The number of pyridine rings is 1. The van der Waals surface area contributed by atoms with Crippen LogP contribution in [0, 0.1) is 0 Å². The number of nitrogens with zero attached hydrogens (tertiary/aromatic N) is 3. The largest absolute Gasteiger partial charge is 0.291 e. The van der Waals surface area contributed by atoms with Crippen molar-refractivity contribution in [3.8, 4) is 61.7 Å². The summed E-state index contributed by atoms with van der Waals surface area (Å²) >= 11 is 0. The fraction of sp³-hybridized carbons (Fsp3) is 0. The summed E-state index contributed by atoms with van der Waals surface area (Å²) in [6, 6.07) is 51.8. The van der Waals surface area contributed by atoms with E-state index < -0.39 is 0 Å². The lowest BCUT2D eigenvalue weighted by molar-refractivity contribution is 1.11. The fourth-order valence-electron chi connectivity index (χ4n) is 6.63. The van der Waals surface area contributed by atoms with Crippen molar-refractivity contribution >= 4 is 21.8 Å². The number of hydrogen-bond acceptors (Lipinski definition) is 2. The standard InChI is InChI=1S/C40H25N3/c1-2-12-31-27(9-1)23-24-41-38(31)30-11-7-10-29(25-30)26-19-21-28(22-20-26)40-42-36-17-8-16-35-33-14-4-3-13-32(33)34-15-5-6-18-37(34)43(40)39(35)36/h1-25H. The van der Waals surface area contributed by atoms with E-state index >= 15 is 0 Å². The lowest BCUT2D eigenvalue weighted by Crippen LogP contribution is -1.99. The highest BCUT2D eigenvalue weighted by atomic mass is 15.1. The average Bonchev–Trinajstić information content (AvgIpc) is 3.42. The van der Waals surface area contributed by atoms with Gasteiger partial charge in [-0.1, -0.05) is 121 Å². The summed E-state index contributed by atoms with van der Waals surface area (Å²) < 4.78 is 2.35. The number of imidazole rings is 1. The third-order valence-corrected chi connectivity index (χ3v) is 8.61. The van der Waals surface area contributed by atoms with Crippen molar-refractivity contribution in [2.24, 2.45) is 0 Å². The lowest BCUT2D eigenvalue weighted by Gasteiger charge is -2.13. The molecule has 6 aromatic carbocycles. The first-order valence-corrected chi connectivity index (χ1v) is 14.6. The molecule has 0 N–H and O–H groups in total. The second-order valence-electron chi connectivity index (χ2n) is 11.0. The molecule has 3 nitrogen and oxygen atoms in total. The maximum absolute atomic E-state index is 5.21. The Hall–Kier alpha value is -5.80. The highest BCUT2D eigenvalue weighted by Gasteiger charge is 2.24. The molecule has 8 aromatic rings. The third kappa shape index (κ3) is 3.68. The predicted molar refractivity (Wildman–Crippen MR) is 177 cm³/mol. The van der Waals surface area contributed by atoms with Crippen molar-refractivity contribution in [1.29, 1.82) is 0 Å². The summed E-state index contributed by atoms with van der Waals surface area (Å²) in [5.74, 6) is 0.947. The van der Waals surface area contributed by atoms with Gasteiger partial charge in [-0.3, -0.25) is 9.55 Å². The topological polar surface area (TPSA) is 30.7 Å². The Morgan fingerprint density at radius 1 is 0.465 bits per heavy atom. The van der Waals surface area contributed by atoms with Crippen LogP contribution in [0.1, 0.15) is 0 Å². The number of fused-ring (bicyclic) bond motifs is 6. The summed E-state index contributed by atoms with van der Waals surface area (Å²) in [4.78, 5) is 9.96. The lowest BCUT2D eigenvalue weighted by atomic mass is 9.94. The first-order chi connectivity index (χ1) is 21.3. The van der Waals surface area contributed by atoms with Gasteiger partial charge in [0.2, 0.25) is 0 Å². The van der Waals surface area contributed by atoms with Crippen LogP contribution in [0.2, 0.25) is 0 Å². The van der Waals surface area contributed by atoms with Crippen LogP contribution in [0.4, 0.5) is 0 Å². The Labute approximate surface area is 249 Å². The van der Waals surface area contributed by atoms with E-state index in [4.69, 9.17) is 9.97 Å². The van der Waals surface area contributed by atoms with Crippen LogP contribution in [0.5, 0.6) is 0 Å². The van der Waals surface area contributed by atoms with Gasteiger partial charge in [0.15, 0.2) is 0 Å². The molecule has 0 bridgehead atoms. The van der Waals surface area contributed by atoms with Crippen LogP contribution in [0.15, 0.2) is 152 Å². The molecule has 0 fully saturated rings. The molecular formula is C40H25N3. The van der Waals surface area contributed by atoms with Crippen molar-refractivity contribution in [2.75, 3.05) is 0 Å². The number of benzene rings is 6. The van der Waals surface area contributed by atoms with Crippen LogP contribution in [-0.4, -0.2) is 14.5 Å². The minimum atomic E-state index is 0.947. The van der Waals surface area contributed by atoms with Gasteiger partial charge in [0.05, 0.1) is 22.4 Å². The molecule has 0 unspecified atom stereocenters. The average molecular weight is 548 g/mol. The smallest absolute Gasteiger partial charge is 0.145 e. The van der Waals surface area contributed by atoms with Crippen molar-refractivity contribution in [3.63, 3.8) is 0 Å². The van der Waals surface area contributed by atoms with Gasteiger partial charge in [0, 0.05) is 33.8 Å². The maximum Gasteiger partial charge on any atom is 0.145 e. The van der Waals surface area contributed by atoms with E-state index in [1.54, 1.807) is 0 Å². The molecule has 0 spiro atoms. The zero-order valence-electron chi connectivity index (χ0n) is 23.3. The molecule has 0 aliphatic carbocycles. The minimum absolute atomic E-state index is 0.947. The quantitative estimate of drug-likeness (QED) is 0.220. The van der Waals surface area contributed by atoms with E-state index in [2.05, 4.69) is 150 Å². The zero-order chi connectivity index (χ0) is 28.3. The van der Waals surface area contributed by atoms with Crippen molar-refractivity contribution in [2.45, 2.75) is 0 Å². The van der Waals surface area contributed by atoms with E-state index in [1.807, 2.05) is 6.20 Å². The zero-order valence-corrected chi connectivity index (χ0v) is 23.3. The number of rotatable bonds is 3. The van der Waals surface area contributed by atoms with Crippen molar-refractivity contribution < 1.29 is 0 Å². The molecular weight excluding hydrogens is 522 g/mol. The van der Waals surface area contributed by atoms with Gasteiger partial charge in [0.25, 0.3) is 0 Å². The summed E-state index contributed by atoms with van der Waals surface area (Å²) in [5, 5.41) is 2.36. The van der Waals surface area contributed by atoms with Gasteiger partial charge >= 0.3 is 0 Å². The molecule has 3 heteroatoms. The minimum Gasteiger partial charge on any atom is -0.291 e. The monoisotopic (exact) mass is 547 g/mol. The first kappa shape index (κ1) is 23.9. The van der Waals surface area contributed by atoms with Gasteiger partial charge in [-0.2, -0.15) is 0 Å². The number of hydrogen-bond donors (Lipinski definition) is 0. The summed E-state index contributed by atoms with van der Waals surface area (Å²) in [7, 11) is 0. The second-order valence-corrected chi connectivity index (χ2v) is 11.0. The molecule has 1 aliphatic rings.